The SMILES string of the molecule is C[CH-]CC(=O)N(C)C(C)C(=O)NC(C)C.[Y].[c-]1ccccc1. The smallest absolute Gasteiger partial charge is 0.242 e. The summed E-state index contributed by atoms with van der Waals surface area (Å²) < 4.78 is 0. The van der Waals surface area contributed by atoms with Crippen molar-refractivity contribution in [1.29, 1.82) is 0 Å². The zero-order chi connectivity index (χ0) is 16.3. The number of hydrogen-bond donors (Lipinski definition) is 1. The topological polar surface area (TPSA) is 49.4 Å². The summed E-state index contributed by atoms with van der Waals surface area (Å²) >= 11 is 0. The summed E-state index contributed by atoms with van der Waals surface area (Å²) in [4.78, 5) is 24.5. The third kappa shape index (κ3) is 10.9. The van der Waals surface area contributed by atoms with E-state index in [1.165, 1.54) is 4.90 Å². The van der Waals surface area contributed by atoms with Gasteiger partial charge in [0.25, 0.3) is 0 Å². The maximum atomic E-state index is 11.6. The summed E-state index contributed by atoms with van der Waals surface area (Å²) in [5, 5.41) is 2.78. The van der Waals surface area contributed by atoms with E-state index in [0.29, 0.717) is 6.42 Å². The molecular weight excluding hydrogens is 353 g/mol. The standard InChI is InChI=1S/C11H21N2O2.C6H5.Y/c1-6-7-10(14)13(5)9(4)11(15)12-8(2)3;1-2-4-6-5-3-1;/h6,8-9H,7H2,1-5H3,(H,12,15);1-5H;/q2*-1;. The Labute approximate surface area is 159 Å². The molecule has 0 heterocycles. The van der Waals surface area contributed by atoms with Gasteiger partial charge in [-0.15, -0.1) is 0 Å². The van der Waals surface area contributed by atoms with Gasteiger partial charge in [0, 0.05) is 45.8 Å². The van der Waals surface area contributed by atoms with E-state index in [1.807, 2.05) is 51.1 Å². The molecule has 4 nitrogen and oxygen atoms in total. The third-order valence-electron chi connectivity index (χ3n) is 2.77. The molecular formula is C17H26N2O2Y-2. The number of carbonyl (C=O) groups is 2. The molecule has 0 aliphatic carbocycles. The second-order valence-electron chi connectivity index (χ2n) is 5.03. The van der Waals surface area contributed by atoms with Crippen LogP contribution in [0.4, 0.5) is 0 Å². The molecule has 1 aromatic rings. The Bertz CT molecular complexity index is 384. The predicted molar refractivity (Wildman–Crippen MR) is 85.4 cm³/mol. The Kier molecular flexibility index (Phi) is 14.9. The number of nitrogens with one attached hydrogen (secondary N) is 1. The average Bonchev–Trinajstić information content (AvgIpc) is 2.47. The molecule has 1 radical (unpaired) electrons. The number of likely N-dealkylation sites (N-methyl/N-ethyl adjacent to an activating group) is 1. The number of carbonyl (C=O) groups excluding carboxylic acids is 2. The largest absolute Gasteiger partial charge is 0.352 e. The molecule has 22 heavy (non-hydrogen) atoms. The summed E-state index contributed by atoms with van der Waals surface area (Å²) in [6.45, 7) is 7.34. The quantitative estimate of drug-likeness (QED) is 0.799. The van der Waals surface area contributed by atoms with E-state index >= 15 is 0 Å². The van der Waals surface area contributed by atoms with E-state index in [9.17, 15) is 9.59 Å². The molecule has 0 spiro atoms. The van der Waals surface area contributed by atoms with Crippen LogP contribution in [0.25, 0.3) is 0 Å². The van der Waals surface area contributed by atoms with Crippen LogP contribution in [0.1, 0.15) is 34.1 Å². The second kappa shape index (κ2) is 13.9. The first-order valence-electron chi connectivity index (χ1n) is 7.15. The first-order valence-corrected chi connectivity index (χ1v) is 7.15. The van der Waals surface area contributed by atoms with Gasteiger partial charge in [-0.3, -0.25) is 9.59 Å². The second-order valence-corrected chi connectivity index (χ2v) is 5.03. The van der Waals surface area contributed by atoms with Crippen LogP contribution in [-0.4, -0.2) is 35.8 Å². The van der Waals surface area contributed by atoms with Gasteiger partial charge in [-0.2, -0.15) is 43.3 Å². The first-order chi connectivity index (χ1) is 9.90. The summed E-state index contributed by atoms with van der Waals surface area (Å²) in [7, 11) is 1.65. The Morgan fingerprint density at radius 3 is 2.05 bits per heavy atom. The molecule has 0 aliphatic heterocycles. The van der Waals surface area contributed by atoms with E-state index in [4.69, 9.17) is 0 Å². The van der Waals surface area contributed by atoms with Crippen molar-refractivity contribution >= 4 is 11.8 Å². The van der Waals surface area contributed by atoms with Crippen molar-refractivity contribution in [2.75, 3.05) is 7.05 Å². The van der Waals surface area contributed by atoms with Gasteiger partial charge in [-0.25, -0.2) is 0 Å². The normalized spacial score (nSPS) is 10.6. The van der Waals surface area contributed by atoms with Crippen molar-refractivity contribution in [2.24, 2.45) is 0 Å². The van der Waals surface area contributed by atoms with E-state index < -0.39 is 6.04 Å². The zero-order valence-electron chi connectivity index (χ0n) is 14.2. The summed E-state index contributed by atoms with van der Waals surface area (Å²) in [6.07, 6.45) is 2.15. The van der Waals surface area contributed by atoms with Gasteiger partial charge in [-0.05, 0) is 20.8 Å². The molecule has 1 unspecified atom stereocenters. The monoisotopic (exact) mass is 379 g/mol. The molecule has 5 heteroatoms. The fourth-order valence-electron chi connectivity index (χ4n) is 1.46. The molecule has 1 aromatic carbocycles. The van der Waals surface area contributed by atoms with Crippen LogP contribution in [0, 0.1) is 12.5 Å². The van der Waals surface area contributed by atoms with E-state index in [1.54, 1.807) is 20.4 Å². The van der Waals surface area contributed by atoms with E-state index in [2.05, 4.69) is 11.4 Å². The Morgan fingerprint density at radius 2 is 1.73 bits per heavy atom. The van der Waals surface area contributed by atoms with Gasteiger partial charge in [-0.1, -0.05) is 6.42 Å². The Hall–Kier alpha value is -0.736. The number of amides is 2. The molecule has 1 N–H and O–H groups in total. The first kappa shape index (κ1) is 23.5. The minimum Gasteiger partial charge on any atom is -0.352 e. The number of rotatable bonds is 5. The van der Waals surface area contributed by atoms with Crippen molar-refractivity contribution in [2.45, 2.75) is 46.2 Å². The zero-order valence-corrected chi connectivity index (χ0v) is 17.0. The van der Waals surface area contributed by atoms with Gasteiger partial charge in [0.15, 0.2) is 5.91 Å². The van der Waals surface area contributed by atoms with Gasteiger partial charge in [0.1, 0.15) is 6.04 Å². The molecule has 1 atom stereocenters. The van der Waals surface area contributed by atoms with Gasteiger partial charge in [0.2, 0.25) is 5.91 Å². The van der Waals surface area contributed by atoms with Crippen LogP contribution in [0.3, 0.4) is 0 Å². The molecule has 0 saturated heterocycles. The van der Waals surface area contributed by atoms with Crippen LogP contribution in [0.15, 0.2) is 30.3 Å². The van der Waals surface area contributed by atoms with E-state index in [0.717, 1.165) is 0 Å². The molecule has 1 rings (SSSR count). The Morgan fingerprint density at radius 1 is 1.18 bits per heavy atom. The van der Waals surface area contributed by atoms with Crippen molar-refractivity contribution in [3.05, 3.63) is 42.8 Å². The van der Waals surface area contributed by atoms with Gasteiger partial charge in [0.05, 0.1) is 0 Å². The van der Waals surface area contributed by atoms with Gasteiger partial charge >= 0.3 is 0 Å². The van der Waals surface area contributed by atoms with Crippen molar-refractivity contribution in [3.63, 3.8) is 0 Å². The molecule has 0 saturated carbocycles. The number of hydrogen-bond acceptors (Lipinski definition) is 2. The fourth-order valence-corrected chi connectivity index (χ4v) is 1.46. The van der Waals surface area contributed by atoms with Crippen LogP contribution >= 0.6 is 0 Å². The Balaban J connectivity index is 0. The van der Waals surface area contributed by atoms with Crippen molar-refractivity contribution in [3.8, 4) is 0 Å². The van der Waals surface area contributed by atoms with Crippen LogP contribution in [0.2, 0.25) is 0 Å². The molecule has 0 fully saturated rings. The minimum atomic E-state index is -0.417. The maximum absolute atomic E-state index is 11.6. The van der Waals surface area contributed by atoms with Crippen LogP contribution in [0.5, 0.6) is 0 Å². The van der Waals surface area contributed by atoms with Crippen LogP contribution < -0.4 is 5.32 Å². The summed E-state index contributed by atoms with van der Waals surface area (Å²) in [5.74, 6) is -0.152. The van der Waals surface area contributed by atoms with Crippen molar-refractivity contribution in [1.82, 2.24) is 10.2 Å². The van der Waals surface area contributed by atoms with Crippen LogP contribution in [-0.2, 0) is 42.3 Å². The molecule has 0 aromatic heterocycles. The summed E-state index contributed by atoms with van der Waals surface area (Å²) in [5.41, 5.74) is 0. The molecule has 2 amide bonds. The fraction of sp³-hybridized carbons (Fsp3) is 0.471. The number of nitrogens with zero attached hydrogens (tertiary/aromatic N) is 1. The molecule has 0 aliphatic rings. The van der Waals surface area contributed by atoms with Crippen molar-refractivity contribution < 1.29 is 42.3 Å². The molecule has 121 valence electrons. The number of benzene rings is 1. The summed E-state index contributed by atoms with van der Waals surface area (Å²) in [6, 6.07) is 12.2. The van der Waals surface area contributed by atoms with Gasteiger partial charge < -0.3 is 16.6 Å². The maximum Gasteiger partial charge on any atom is 0.242 e. The minimum absolute atomic E-state index is 0. The predicted octanol–water partition coefficient (Wildman–Crippen LogP) is 2.46. The average molecular weight is 379 g/mol. The van der Waals surface area contributed by atoms with E-state index in [-0.39, 0.29) is 50.6 Å². The third-order valence-corrected chi connectivity index (χ3v) is 2.77. The molecule has 0 bridgehead atoms.